The second kappa shape index (κ2) is 9.48. The quantitative estimate of drug-likeness (QED) is 0.644. The first-order chi connectivity index (χ1) is 9.35. The number of hydrogen-bond donors (Lipinski definition) is 2. The lowest BCUT2D eigenvalue weighted by molar-refractivity contribution is 0.483. The van der Waals surface area contributed by atoms with Crippen LogP contribution in [0.5, 0.6) is 0 Å². The van der Waals surface area contributed by atoms with Crippen LogP contribution in [0.1, 0.15) is 32.3 Å². The Bertz CT molecular complexity index is 514. The van der Waals surface area contributed by atoms with Gasteiger partial charge in [0.1, 0.15) is 0 Å². The van der Waals surface area contributed by atoms with E-state index in [0.717, 1.165) is 18.4 Å². The molecule has 0 aliphatic carbocycles. The largest absolute Gasteiger partial charge is 0.302 e. The van der Waals surface area contributed by atoms with Crippen LogP contribution in [0.4, 0.5) is 0 Å². The summed E-state index contributed by atoms with van der Waals surface area (Å²) in [5.74, 6) is 0. The molecule has 0 amide bonds. The molecule has 0 unspecified atom stereocenters. The zero-order valence-corrected chi connectivity index (χ0v) is 12.9. The van der Waals surface area contributed by atoms with E-state index in [-0.39, 0.29) is 4.90 Å². The summed E-state index contributed by atoms with van der Waals surface area (Å²) in [5.41, 5.74) is 0.956. The predicted molar refractivity (Wildman–Crippen MR) is 79.0 cm³/mol. The molecule has 0 fully saturated rings. The topological polar surface area (TPSA) is 90.2 Å². The van der Waals surface area contributed by atoms with E-state index in [1.807, 2.05) is 6.92 Å². The first kappa shape index (κ1) is 18.6. The van der Waals surface area contributed by atoms with Crippen molar-refractivity contribution in [2.75, 3.05) is 6.54 Å². The van der Waals surface area contributed by atoms with Gasteiger partial charge in [-0.05, 0) is 31.9 Å². The van der Waals surface area contributed by atoms with Gasteiger partial charge in [-0.3, -0.25) is 4.55 Å². The van der Waals surface area contributed by atoms with Gasteiger partial charge >= 0.3 is 0 Å². The molecule has 0 heterocycles. The Kier molecular flexibility index (Phi) is 8.81. The van der Waals surface area contributed by atoms with Gasteiger partial charge in [0.15, 0.2) is 0 Å². The van der Waals surface area contributed by atoms with Crippen LogP contribution in [0.3, 0.4) is 0 Å². The predicted octanol–water partition coefficient (Wildman–Crippen LogP) is 2.53. The Morgan fingerprint density at radius 3 is 2.10 bits per heavy atom. The van der Waals surface area contributed by atoms with Crippen LogP contribution in [0, 0.1) is 18.3 Å². The van der Waals surface area contributed by atoms with E-state index in [9.17, 15) is 8.42 Å². The first-order valence-corrected chi connectivity index (χ1v) is 7.93. The minimum absolute atomic E-state index is 0.0666. The van der Waals surface area contributed by atoms with Gasteiger partial charge in [0.25, 0.3) is 10.1 Å². The van der Waals surface area contributed by atoms with Gasteiger partial charge in [-0.15, -0.1) is 0 Å². The van der Waals surface area contributed by atoms with Gasteiger partial charge in [-0.1, -0.05) is 31.5 Å². The highest BCUT2D eigenvalue weighted by atomic mass is 32.2. The molecule has 0 saturated heterocycles. The number of benzene rings is 1. The summed E-state index contributed by atoms with van der Waals surface area (Å²) in [7, 11) is -4.02. The van der Waals surface area contributed by atoms with E-state index in [0.29, 0.717) is 12.6 Å². The van der Waals surface area contributed by atoms with Gasteiger partial charge in [0.2, 0.25) is 0 Å². The molecule has 1 aromatic rings. The summed E-state index contributed by atoms with van der Waals surface area (Å²) in [6.45, 7) is 6.57. The van der Waals surface area contributed by atoms with Crippen LogP contribution >= 0.6 is 0 Å². The van der Waals surface area contributed by atoms with Crippen LogP contribution in [-0.2, 0) is 10.1 Å². The van der Waals surface area contributed by atoms with Crippen molar-refractivity contribution in [1.82, 2.24) is 5.32 Å². The standard InChI is InChI=1S/C7H14N2.C7H8O3S/c1-3-7(4-2)9-6-5-8;1-6-2-4-7(5-3-6)11(8,9)10/h7,9H,3-4,6H2,1-2H3;2-5H,1H3,(H,8,9,10). The summed E-state index contributed by atoms with van der Waals surface area (Å²) in [6, 6.07) is 8.58. The third-order valence-corrected chi connectivity index (χ3v) is 3.64. The van der Waals surface area contributed by atoms with Crippen LogP contribution in [-0.4, -0.2) is 25.6 Å². The lowest BCUT2D eigenvalue weighted by atomic mass is 10.2. The number of rotatable bonds is 5. The van der Waals surface area contributed by atoms with E-state index in [1.165, 1.54) is 12.1 Å². The Labute approximate surface area is 121 Å². The molecular weight excluding hydrogens is 276 g/mol. The van der Waals surface area contributed by atoms with Crippen LogP contribution in [0.15, 0.2) is 29.2 Å². The van der Waals surface area contributed by atoms with Crippen molar-refractivity contribution in [2.24, 2.45) is 0 Å². The maximum absolute atomic E-state index is 10.5. The molecule has 0 bridgehead atoms. The van der Waals surface area contributed by atoms with Crippen molar-refractivity contribution >= 4 is 10.1 Å². The molecule has 2 N–H and O–H groups in total. The molecule has 6 heteroatoms. The molecule has 0 aliphatic rings. The SMILES string of the molecule is CCC(CC)NCC#N.Cc1ccc(S(=O)(=O)O)cc1. The van der Waals surface area contributed by atoms with E-state index < -0.39 is 10.1 Å². The summed E-state index contributed by atoms with van der Waals surface area (Å²) in [6.07, 6.45) is 2.22. The van der Waals surface area contributed by atoms with Crippen molar-refractivity contribution in [3.63, 3.8) is 0 Å². The van der Waals surface area contributed by atoms with Crippen molar-refractivity contribution < 1.29 is 13.0 Å². The molecule has 0 aliphatic heterocycles. The number of nitrogens with one attached hydrogen (secondary N) is 1. The fraction of sp³-hybridized carbons (Fsp3) is 0.500. The number of nitrogens with zero attached hydrogens (tertiary/aromatic N) is 1. The van der Waals surface area contributed by atoms with Crippen LogP contribution < -0.4 is 5.32 Å². The summed E-state index contributed by atoms with van der Waals surface area (Å²) in [5, 5.41) is 11.3. The number of aryl methyl sites for hydroxylation is 1. The Morgan fingerprint density at radius 1 is 1.25 bits per heavy atom. The molecule has 1 aromatic carbocycles. The molecule has 1 rings (SSSR count). The number of hydrogen-bond acceptors (Lipinski definition) is 4. The molecule has 0 aromatic heterocycles. The van der Waals surface area contributed by atoms with Crippen LogP contribution in [0.2, 0.25) is 0 Å². The van der Waals surface area contributed by atoms with Gasteiger partial charge in [0, 0.05) is 6.04 Å². The third kappa shape index (κ3) is 7.89. The molecule has 0 spiro atoms. The number of nitriles is 1. The fourth-order valence-corrected chi connectivity index (χ4v) is 1.96. The Morgan fingerprint density at radius 2 is 1.75 bits per heavy atom. The summed E-state index contributed by atoms with van der Waals surface area (Å²) >= 11 is 0. The highest BCUT2D eigenvalue weighted by Crippen LogP contribution is 2.08. The average molecular weight is 298 g/mol. The van der Waals surface area contributed by atoms with Gasteiger partial charge < -0.3 is 5.32 Å². The Hall–Kier alpha value is -1.42. The smallest absolute Gasteiger partial charge is 0.294 e. The maximum atomic E-state index is 10.5. The van der Waals surface area contributed by atoms with Crippen molar-refractivity contribution in [3.8, 4) is 6.07 Å². The van der Waals surface area contributed by atoms with Crippen molar-refractivity contribution in [2.45, 2.75) is 44.6 Å². The van der Waals surface area contributed by atoms with Gasteiger partial charge in [-0.2, -0.15) is 13.7 Å². The van der Waals surface area contributed by atoms with E-state index in [4.69, 9.17) is 9.81 Å². The molecule has 112 valence electrons. The second-order valence-electron chi connectivity index (χ2n) is 4.34. The fourth-order valence-electron chi connectivity index (χ4n) is 1.48. The Balaban J connectivity index is 0.000000370. The molecule has 20 heavy (non-hydrogen) atoms. The first-order valence-electron chi connectivity index (χ1n) is 6.49. The third-order valence-electron chi connectivity index (χ3n) is 2.77. The molecule has 0 atom stereocenters. The summed E-state index contributed by atoms with van der Waals surface area (Å²) in [4.78, 5) is -0.0666. The molecule has 0 radical (unpaired) electrons. The van der Waals surface area contributed by atoms with Crippen molar-refractivity contribution in [3.05, 3.63) is 29.8 Å². The van der Waals surface area contributed by atoms with Crippen LogP contribution in [0.25, 0.3) is 0 Å². The van der Waals surface area contributed by atoms with E-state index in [1.54, 1.807) is 12.1 Å². The zero-order valence-electron chi connectivity index (χ0n) is 12.1. The highest BCUT2D eigenvalue weighted by molar-refractivity contribution is 7.85. The van der Waals surface area contributed by atoms with Gasteiger partial charge in [0.05, 0.1) is 17.5 Å². The molecule has 0 saturated carbocycles. The monoisotopic (exact) mass is 298 g/mol. The minimum atomic E-state index is -4.02. The maximum Gasteiger partial charge on any atom is 0.294 e. The highest BCUT2D eigenvalue weighted by Gasteiger charge is 2.06. The lowest BCUT2D eigenvalue weighted by Crippen LogP contribution is -2.27. The van der Waals surface area contributed by atoms with Gasteiger partial charge in [-0.25, -0.2) is 0 Å². The average Bonchev–Trinajstić information content (AvgIpc) is 2.40. The van der Waals surface area contributed by atoms with E-state index in [2.05, 4.69) is 25.2 Å². The molecular formula is C14H22N2O3S. The van der Waals surface area contributed by atoms with Crippen molar-refractivity contribution in [1.29, 1.82) is 5.26 Å². The normalized spacial score (nSPS) is 10.6. The second-order valence-corrected chi connectivity index (χ2v) is 5.76. The molecule has 5 nitrogen and oxygen atoms in total. The van der Waals surface area contributed by atoms with E-state index >= 15 is 0 Å². The minimum Gasteiger partial charge on any atom is -0.302 e. The lowest BCUT2D eigenvalue weighted by Gasteiger charge is -2.10. The zero-order chi connectivity index (χ0) is 15.6. The summed E-state index contributed by atoms with van der Waals surface area (Å²) < 4.78 is 29.6.